The maximum atomic E-state index is 12.7. The van der Waals surface area contributed by atoms with Crippen molar-refractivity contribution in [3.05, 3.63) is 28.2 Å². The van der Waals surface area contributed by atoms with Crippen LogP contribution < -0.4 is 10.2 Å². The topological polar surface area (TPSA) is 49.4 Å². The summed E-state index contributed by atoms with van der Waals surface area (Å²) in [4.78, 5) is 26.5. The Hall–Kier alpha value is -1.36. The number of hydrogen-bond donors (Lipinski definition) is 1. The van der Waals surface area contributed by atoms with Gasteiger partial charge in [0, 0.05) is 4.47 Å². The van der Waals surface area contributed by atoms with Gasteiger partial charge < -0.3 is 5.32 Å². The molecule has 3 rings (SSSR count). The summed E-state index contributed by atoms with van der Waals surface area (Å²) in [6.45, 7) is 3.75. The first-order valence-corrected chi connectivity index (χ1v) is 7.68. The van der Waals surface area contributed by atoms with Gasteiger partial charge in [0.2, 0.25) is 5.91 Å². The summed E-state index contributed by atoms with van der Waals surface area (Å²) in [6, 6.07) is 4.94. The molecule has 4 nitrogen and oxygen atoms in total. The number of carbonyl (C=O) groups is 2. The van der Waals surface area contributed by atoms with E-state index >= 15 is 0 Å². The zero-order chi connectivity index (χ0) is 14.4. The molecule has 1 N–H and O–H groups in total. The van der Waals surface area contributed by atoms with Crippen LogP contribution in [0.5, 0.6) is 0 Å². The molecule has 1 aromatic carbocycles. The predicted molar refractivity (Wildman–Crippen MR) is 80.5 cm³/mol. The second-order valence-electron chi connectivity index (χ2n) is 5.62. The van der Waals surface area contributed by atoms with Crippen LogP contribution in [-0.2, 0) is 9.59 Å². The maximum Gasteiger partial charge on any atom is 0.250 e. The highest BCUT2D eigenvalue weighted by Gasteiger charge is 2.46. The molecule has 1 saturated carbocycles. The molecule has 0 spiro atoms. The average Bonchev–Trinajstić information content (AvgIpc) is 3.23. The van der Waals surface area contributed by atoms with Gasteiger partial charge in [-0.25, -0.2) is 0 Å². The Morgan fingerprint density at radius 1 is 1.30 bits per heavy atom. The normalized spacial score (nSPS) is 26.6. The molecule has 2 unspecified atom stereocenters. The highest BCUT2D eigenvalue weighted by Crippen LogP contribution is 2.38. The van der Waals surface area contributed by atoms with Gasteiger partial charge in [-0.1, -0.05) is 12.1 Å². The first-order valence-electron chi connectivity index (χ1n) is 6.89. The Bertz CT molecular complexity index is 583. The van der Waals surface area contributed by atoms with E-state index in [1.807, 2.05) is 25.1 Å². The lowest BCUT2D eigenvalue weighted by molar-refractivity contribution is -0.134. The second-order valence-corrected chi connectivity index (χ2v) is 6.41. The van der Waals surface area contributed by atoms with Crippen LogP contribution in [0, 0.1) is 12.8 Å². The molecule has 1 aliphatic carbocycles. The van der Waals surface area contributed by atoms with Crippen molar-refractivity contribution in [1.82, 2.24) is 5.32 Å². The lowest BCUT2D eigenvalue weighted by atomic mass is 10.0. The standard InChI is InChI=1S/C15H17BrN2O2/c1-8-4-3-5-11(12(8)16)18-9(2)14(19)17-13(15(18)20)10-6-7-10/h3-5,9-10,13H,6-7H2,1-2H3,(H,17,19). The van der Waals surface area contributed by atoms with Crippen LogP contribution in [0.3, 0.4) is 0 Å². The molecule has 20 heavy (non-hydrogen) atoms. The van der Waals surface area contributed by atoms with Gasteiger partial charge in [0.1, 0.15) is 12.1 Å². The summed E-state index contributed by atoms with van der Waals surface area (Å²) in [7, 11) is 0. The van der Waals surface area contributed by atoms with Gasteiger partial charge in [0.25, 0.3) is 5.91 Å². The van der Waals surface area contributed by atoms with Crippen LogP contribution in [-0.4, -0.2) is 23.9 Å². The molecule has 1 saturated heterocycles. The molecule has 2 aliphatic rings. The quantitative estimate of drug-likeness (QED) is 0.901. The molecule has 0 aromatic heterocycles. The third-order valence-electron chi connectivity index (χ3n) is 4.09. The Morgan fingerprint density at radius 2 is 2.00 bits per heavy atom. The molecule has 2 fully saturated rings. The van der Waals surface area contributed by atoms with E-state index in [2.05, 4.69) is 21.2 Å². The van der Waals surface area contributed by atoms with Gasteiger partial charge in [0.05, 0.1) is 5.69 Å². The molecule has 0 bridgehead atoms. The lowest BCUT2D eigenvalue weighted by Crippen LogP contribution is -2.63. The van der Waals surface area contributed by atoms with E-state index in [4.69, 9.17) is 0 Å². The van der Waals surface area contributed by atoms with Gasteiger partial charge in [-0.05, 0) is 60.2 Å². The van der Waals surface area contributed by atoms with E-state index in [1.54, 1.807) is 11.8 Å². The summed E-state index contributed by atoms with van der Waals surface area (Å²) >= 11 is 3.54. The van der Waals surface area contributed by atoms with E-state index in [1.165, 1.54) is 0 Å². The molecule has 106 valence electrons. The van der Waals surface area contributed by atoms with Crippen molar-refractivity contribution in [2.75, 3.05) is 4.90 Å². The largest absolute Gasteiger partial charge is 0.342 e. The summed E-state index contributed by atoms with van der Waals surface area (Å²) < 4.78 is 0.879. The number of rotatable bonds is 2. The summed E-state index contributed by atoms with van der Waals surface area (Å²) in [6.07, 6.45) is 2.04. The fourth-order valence-corrected chi connectivity index (χ4v) is 3.14. The van der Waals surface area contributed by atoms with Crippen molar-refractivity contribution in [1.29, 1.82) is 0 Å². The first-order chi connectivity index (χ1) is 9.50. The van der Waals surface area contributed by atoms with Gasteiger partial charge in [0.15, 0.2) is 0 Å². The average molecular weight is 337 g/mol. The molecule has 0 radical (unpaired) electrons. The van der Waals surface area contributed by atoms with E-state index in [0.29, 0.717) is 5.92 Å². The van der Waals surface area contributed by atoms with Crippen LogP contribution in [0.4, 0.5) is 5.69 Å². The van der Waals surface area contributed by atoms with Crippen LogP contribution in [0.1, 0.15) is 25.3 Å². The molecule has 2 amide bonds. The van der Waals surface area contributed by atoms with Crippen molar-refractivity contribution in [2.45, 2.75) is 38.8 Å². The molecule has 1 aromatic rings. The Balaban J connectivity index is 2.02. The number of carbonyl (C=O) groups excluding carboxylic acids is 2. The summed E-state index contributed by atoms with van der Waals surface area (Å²) in [5.74, 6) is 0.242. The smallest absolute Gasteiger partial charge is 0.250 e. The van der Waals surface area contributed by atoms with Crippen LogP contribution in [0.25, 0.3) is 0 Å². The number of nitrogens with zero attached hydrogens (tertiary/aromatic N) is 1. The van der Waals surface area contributed by atoms with Crippen molar-refractivity contribution in [3.8, 4) is 0 Å². The number of amides is 2. The van der Waals surface area contributed by atoms with Crippen molar-refractivity contribution in [2.24, 2.45) is 5.92 Å². The van der Waals surface area contributed by atoms with Gasteiger partial charge >= 0.3 is 0 Å². The second kappa shape index (κ2) is 4.88. The van der Waals surface area contributed by atoms with Crippen molar-refractivity contribution >= 4 is 33.4 Å². The summed E-state index contributed by atoms with van der Waals surface area (Å²) in [5, 5.41) is 2.87. The zero-order valence-electron chi connectivity index (χ0n) is 11.5. The zero-order valence-corrected chi connectivity index (χ0v) is 13.1. The van der Waals surface area contributed by atoms with Gasteiger partial charge in [-0.2, -0.15) is 0 Å². The molecule has 5 heteroatoms. The number of halogens is 1. The van der Waals surface area contributed by atoms with E-state index in [0.717, 1.165) is 28.6 Å². The van der Waals surface area contributed by atoms with E-state index in [9.17, 15) is 9.59 Å². The Morgan fingerprint density at radius 3 is 2.65 bits per heavy atom. The molecular weight excluding hydrogens is 320 g/mol. The van der Waals surface area contributed by atoms with Gasteiger partial charge in [-0.3, -0.25) is 14.5 Å². The minimum atomic E-state index is -0.476. The maximum absolute atomic E-state index is 12.7. The first kappa shape index (κ1) is 13.6. The number of nitrogens with one attached hydrogen (secondary N) is 1. The highest BCUT2D eigenvalue weighted by atomic mass is 79.9. The predicted octanol–water partition coefficient (Wildman–Crippen LogP) is 2.39. The van der Waals surface area contributed by atoms with E-state index < -0.39 is 6.04 Å². The number of piperazine rings is 1. The Kier molecular flexibility index (Phi) is 3.32. The fraction of sp³-hybridized carbons (Fsp3) is 0.467. The number of aryl methyl sites for hydroxylation is 1. The highest BCUT2D eigenvalue weighted by molar-refractivity contribution is 9.10. The molecule has 2 atom stereocenters. The third-order valence-corrected chi connectivity index (χ3v) is 5.12. The van der Waals surface area contributed by atoms with Crippen molar-refractivity contribution < 1.29 is 9.59 Å². The van der Waals surface area contributed by atoms with Crippen LogP contribution in [0.15, 0.2) is 22.7 Å². The number of benzene rings is 1. The van der Waals surface area contributed by atoms with Crippen molar-refractivity contribution in [3.63, 3.8) is 0 Å². The van der Waals surface area contributed by atoms with Crippen LogP contribution in [0.2, 0.25) is 0 Å². The number of hydrogen-bond acceptors (Lipinski definition) is 2. The summed E-state index contributed by atoms with van der Waals surface area (Å²) in [5.41, 5.74) is 1.83. The number of anilines is 1. The fourth-order valence-electron chi connectivity index (χ4n) is 2.69. The van der Waals surface area contributed by atoms with E-state index in [-0.39, 0.29) is 17.9 Å². The third kappa shape index (κ3) is 2.14. The monoisotopic (exact) mass is 336 g/mol. The molecule has 1 heterocycles. The Labute approximate surface area is 126 Å². The molecule has 1 aliphatic heterocycles. The van der Waals surface area contributed by atoms with Gasteiger partial charge in [-0.15, -0.1) is 0 Å². The minimum Gasteiger partial charge on any atom is -0.342 e. The van der Waals surface area contributed by atoms with Crippen LogP contribution >= 0.6 is 15.9 Å². The molecular formula is C15H17BrN2O2. The SMILES string of the molecule is Cc1cccc(N2C(=O)C(C3CC3)NC(=O)C2C)c1Br. The minimum absolute atomic E-state index is 0.00546. The lowest BCUT2D eigenvalue weighted by Gasteiger charge is -2.38.